The number of aromatic nitrogens is 4. The summed E-state index contributed by atoms with van der Waals surface area (Å²) in [5.74, 6) is 0.689. The molecule has 220 valence electrons. The number of nitrogens with one attached hydrogen (secondary N) is 1. The first-order valence-electron chi connectivity index (χ1n) is 14.0. The average Bonchev–Trinajstić information content (AvgIpc) is 3.69. The van der Waals surface area contributed by atoms with Crippen molar-refractivity contribution < 1.29 is 19.1 Å². The summed E-state index contributed by atoms with van der Waals surface area (Å²) >= 11 is 0. The van der Waals surface area contributed by atoms with E-state index in [1.165, 1.54) is 6.08 Å². The normalized spacial score (nSPS) is 19.5. The molecule has 3 atom stereocenters. The molecule has 12 heteroatoms. The number of nitrogens with zero attached hydrogens (tertiary/aromatic N) is 6. The average molecular weight is 581 g/mol. The summed E-state index contributed by atoms with van der Waals surface area (Å²) < 4.78 is 7.52. The number of carbonyl (C=O) groups excluding carboxylic acids is 3. The number of fused-ring (bicyclic) bond motifs is 3. The molecule has 3 aromatic heterocycles. The van der Waals surface area contributed by atoms with E-state index in [9.17, 15) is 14.4 Å². The number of rotatable bonds is 5. The number of anilines is 2. The molecule has 0 unspecified atom stereocenters. The summed E-state index contributed by atoms with van der Waals surface area (Å²) in [5, 5.41) is 2.77. The Morgan fingerprint density at radius 1 is 1.09 bits per heavy atom. The molecule has 3 N–H and O–H groups in total. The van der Waals surface area contributed by atoms with E-state index >= 15 is 0 Å². The van der Waals surface area contributed by atoms with Gasteiger partial charge < -0.3 is 25.6 Å². The molecule has 2 aliphatic rings. The van der Waals surface area contributed by atoms with Gasteiger partial charge in [0.2, 0.25) is 5.91 Å². The highest BCUT2D eigenvalue weighted by Crippen LogP contribution is 2.46. The number of amides is 3. The first-order chi connectivity index (χ1) is 20.6. The third kappa shape index (κ3) is 5.05. The van der Waals surface area contributed by atoms with Crippen molar-refractivity contribution >= 4 is 35.1 Å². The number of hydrogen-bond acceptors (Lipinski definition) is 8. The lowest BCUT2D eigenvalue weighted by molar-refractivity contribution is -0.131. The molecule has 2 fully saturated rings. The Morgan fingerprint density at radius 2 is 1.86 bits per heavy atom. The molecular weight excluding hydrogens is 548 g/mol. The highest BCUT2D eigenvalue weighted by molar-refractivity contribution is 6.04. The smallest absolute Gasteiger partial charge is 0.410 e. The van der Waals surface area contributed by atoms with E-state index in [1.54, 1.807) is 70.9 Å². The highest BCUT2D eigenvalue weighted by Gasteiger charge is 2.56. The Labute approximate surface area is 248 Å². The van der Waals surface area contributed by atoms with Crippen molar-refractivity contribution in [1.82, 2.24) is 29.2 Å². The van der Waals surface area contributed by atoms with Crippen LogP contribution in [0.4, 0.5) is 16.4 Å². The van der Waals surface area contributed by atoms with Gasteiger partial charge in [-0.25, -0.2) is 19.7 Å². The SMILES string of the molecule is C=CC(=O)N1[C@H]2C[C@@H]([C@H]1c1nc(-c3ccc(C(=O)Nc4ccccn4)cc3)c3c(N)nccn13)N(C(=O)OC(C)(C)C)C2. The number of benzene rings is 1. The largest absolute Gasteiger partial charge is 0.444 e. The van der Waals surface area contributed by atoms with Crippen LogP contribution in [0.1, 0.15) is 49.4 Å². The minimum Gasteiger partial charge on any atom is -0.444 e. The van der Waals surface area contributed by atoms with Crippen molar-refractivity contribution in [1.29, 1.82) is 0 Å². The lowest BCUT2D eigenvalue weighted by Gasteiger charge is -2.40. The number of piperazine rings is 1. The third-order valence-electron chi connectivity index (χ3n) is 7.64. The molecule has 0 spiro atoms. The number of imidazole rings is 1. The van der Waals surface area contributed by atoms with E-state index in [-0.39, 0.29) is 29.7 Å². The molecule has 0 aliphatic carbocycles. The van der Waals surface area contributed by atoms with Gasteiger partial charge in [0.05, 0.1) is 12.1 Å². The summed E-state index contributed by atoms with van der Waals surface area (Å²) in [5.41, 5.74) is 7.95. The zero-order valence-electron chi connectivity index (χ0n) is 24.1. The van der Waals surface area contributed by atoms with Gasteiger partial charge in [-0.2, -0.15) is 0 Å². The molecular formula is C31H32N8O4. The molecule has 2 saturated heterocycles. The fraction of sp³-hybridized carbons (Fsp3) is 0.290. The van der Waals surface area contributed by atoms with E-state index in [0.29, 0.717) is 46.9 Å². The Bertz CT molecular complexity index is 1730. The van der Waals surface area contributed by atoms with Crippen LogP contribution >= 0.6 is 0 Å². The zero-order chi connectivity index (χ0) is 30.5. The number of nitrogen functional groups attached to an aromatic ring is 1. The Kier molecular flexibility index (Phi) is 6.83. The summed E-state index contributed by atoms with van der Waals surface area (Å²) in [6.07, 6.45) is 6.34. The molecule has 2 bridgehead atoms. The van der Waals surface area contributed by atoms with Crippen LogP contribution in [-0.4, -0.2) is 71.3 Å². The molecule has 5 heterocycles. The second-order valence-electron chi connectivity index (χ2n) is 11.6. The number of likely N-dealkylation sites (tertiary alicyclic amines) is 2. The maximum Gasteiger partial charge on any atom is 0.410 e. The van der Waals surface area contributed by atoms with Crippen LogP contribution in [0.5, 0.6) is 0 Å². The fourth-order valence-electron chi connectivity index (χ4n) is 5.91. The van der Waals surface area contributed by atoms with Crippen LogP contribution in [0.25, 0.3) is 16.8 Å². The van der Waals surface area contributed by atoms with Crippen molar-refractivity contribution in [2.75, 3.05) is 17.6 Å². The number of carbonyl (C=O) groups is 3. The third-order valence-corrected chi connectivity index (χ3v) is 7.64. The highest BCUT2D eigenvalue weighted by atomic mass is 16.6. The quantitative estimate of drug-likeness (QED) is 0.336. The van der Waals surface area contributed by atoms with E-state index in [1.807, 2.05) is 25.2 Å². The topological polar surface area (TPSA) is 148 Å². The second-order valence-corrected chi connectivity index (χ2v) is 11.6. The number of pyridine rings is 1. The molecule has 3 amide bonds. The summed E-state index contributed by atoms with van der Waals surface area (Å²) in [4.78, 5) is 56.1. The van der Waals surface area contributed by atoms with Gasteiger partial charge in [-0.3, -0.25) is 14.0 Å². The van der Waals surface area contributed by atoms with E-state index < -0.39 is 17.7 Å². The second kappa shape index (κ2) is 10.5. The maximum atomic E-state index is 13.2. The van der Waals surface area contributed by atoms with Crippen molar-refractivity contribution in [2.24, 2.45) is 0 Å². The van der Waals surface area contributed by atoms with Gasteiger partial charge in [0.1, 0.15) is 40.3 Å². The number of ether oxygens (including phenoxy) is 1. The zero-order valence-corrected chi connectivity index (χ0v) is 24.1. The van der Waals surface area contributed by atoms with Gasteiger partial charge in [0.15, 0.2) is 0 Å². The molecule has 0 saturated carbocycles. The predicted octanol–water partition coefficient (Wildman–Crippen LogP) is 4.07. The molecule has 43 heavy (non-hydrogen) atoms. The predicted molar refractivity (Wildman–Crippen MR) is 160 cm³/mol. The summed E-state index contributed by atoms with van der Waals surface area (Å²) in [7, 11) is 0. The van der Waals surface area contributed by atoms with Gasteiger partial charge in [0, 0.05) is 36.3 Å². The lowest BCUT2D eigenvalue weighted by atomic mass is 10.1. The van der Waals surface area contributed by atoms with Gasteiger partial charge in [-0.05, 0) is 57.5 Å². The van der Waals surface area contributed by atoms with Crippen molar-refractivity contribution in [2.45, 2.75) is 50.9 Å². The fourth-order valence-corrected chi connectivity index (χ4v) is 5.91. The Balaban J connectivity index is 1.39. The minimum atomic E-state index is -0.668. The van der Waals surface area contributed by atoms with E-state index in [2.05, 4.69) is 21.9 Å². The lowest BCUT2D eigenvalue weighted by Crippen LogP contribution is -2.53. The maximum absolute atomic E-state index is 13.2. The Morgan fingerprint density at radius 3 is 2.53 bits per heavy atom. The van der Waals surface area contributed by atoms with Crippen LogP contribution < -0.4 is 11.1 Å². The van der Waals surface area contributed by atoms with E-state index in [4.69, 9.17) is 15.5 Å². The molecule has 2 aliphatic heterocycles. The van der Waals surface area contributed by atoms with Crippen LogP contribution in [0.15, 0.2) is 73.7 Å². The van der Waals surface area contributed by atoms with E-state index in [0.717, 1.165) is 0 Å². The van der Waals surface area contributed by atoms with Crippen molar-refractivity contribution in [3.8, 4) is 11.3 Å². The van der Waals surface area contributed by atoms with Gasteiger partial charge in [0.25, 0.3) is 5.91 Å². The van der Waals surface area contributed by atoms with Gasteiger partial charge >= 0.3 is 6.09 Å². The Hall–Kier alpha value is -5.26. The van der Waals surface area contributed by atoms with Crippen LogP contribution in [0.3, 0.4) is 0 Å². The standard InChI is InChI=1S/C31H32N8O4/c1-5-23(40)39-20-16-21(38(17-20)30(42)43-31(2,3)4)25(39)28-36-24(26-27(32)34-14-15-37(26)28)18-9-11-19(12-10-18)29(41)35-22-8-6-7-13-33-22/h5-15,20-21,25H,1,16-17H2,2-4H3,(H2,32,34)(H,33,35,41)/t20-,21-,25-/m0/s1. The van der Waals surface area contributed by atoms with Gasteiger partial charge in [-0.1, -0.05) is 24.8 Å². The summed E-state index contributed by atoms with van der Waals surface area (Å²) in [6, 6.07) is 11.1. The number of hydrogen-bond donors (Lipinski definition) is 2. The van der Waals surface area contributed by atoms with Crippen molar-refractivity contribution in [3.05, 3.63) is 85.1 Å². The molecule has 0 radical (unpaired) electrons. The monoisotopic (exact) mass is 580 g/mol. The van der Waals surface area contributed by atoms with Crippen molar-refractivity contribution in [3.63, 3.8) is 0 Å². The van der Waals surface area contributed by atoms with Crippen LogP contribution in [0.2, 0.25) is 0 Å². The molecule has 4 aromatic rings. The summed E-state index contributed by atoms with van der Waals surface area (Å²) in [6.45, 7) is 9.53. The number of nitrogens with two attached hydrogens (primary N) is 1. The first-order valence-corrected chi connectivity index (χ1v) is 14.0. The first kappa shape index (κ1) is 27.9. The molecule has 1 aromatic carbocycles. The van der Waals surface area contributed by atoms with Gasteiger partial charge in [-0.15, -0.1) is 0 Å². The molecule has 6 rings (SSSR count). The molecule has 12 nitrogen and oxygen atoms in total. The van der Waals surface area contributed by atoms with Crippen LogP contribution in [0, 0.1) is 0 Å². The minimum absolute atomic E-state index is 0.222. The van der Waals surface area contributed by atoms with Crippen LogP contribution in [-0.2, 0) is 9.53 Å².